The van der Waals surface area contributed by atoms with E-state index in [1.54, 1.807) is 30.5 Å². The van der Waals surface area contributed by atoms with Crippen molar-refractivity contribution >= 4 is 46.7 Å². The third-order valence-corrected chi connectivity index (χ3v) is 9.10. The minimum absolute atomic E-state index is 0.120. The van der Waals surface area contributed by atoms with Crippen LogP contribution in [0.5, 0.6) is 5.88 Å². The van der Waals surface area contributed by atoms with E-state index in [9.17, 15) is 4.79 Å². The van der Waals surface area contributed by atoms with E-state index in [1.807, 2.05) is 38.3 Å². The lowest BCUT2D eigenvalue weighted by Crippen LogP contribution is -2.21. The van der Waals surface area contributed by atoms with Gasteiger partial charge >= 0.3 is 0 Å². The van der Waals surface area contributed by atoms with Crippen LogP contribution < -0.4 is 21.1 Å². The number of thioether (sulfide) groups is 1. The quantitative estimate of drug-likeness (QED) is 0.0813. The van der Waals surface area contributed by atoms with Gasteiger partial charge in [0.25, 0.3) is 0 Å². The number of hydrogen-bond acceptors (Lipinski definition) is 10. The summed E-state index contributed by atoms with van der Waals surface area (Å²) in [5.41, 5.74) is 14.2. The highest BCUT2D eigenvalue weighted by Crippen LogP contribution is 2.38. The van der Waals surface area contributed by atoms with E-state index in [2.05, 4.69) is 61.1 Å². The largest absolute Gasteiger partial charge is 0.475 e. The molecule has 224 valence electrons. The lowest BCUT2D eigenvalue weighted by atomic mass is 9.83. The smallest absolute Gasteiger partial charge is 0.228 e. The van der Waals surface area contributed by atoms with E-state index in [-0.39, 0.29) is 18.2 Å². The first kappa shape index (κ1) is 30.7. The molecule has 1 unspecified atom stereocenters. The maximum absolute atomic E-state index is 13.5. The number of fused-ring (bicyclic) bond motifs is 1. The first-order chi connectivity index (χ1) is 20.9. The molecule has 1 amide bonds. The Bertz CT molecular complexity index is 1580. The first-order valence-corrected chi connectivity index (χ1v) is 16.2. The number of nitrogens with one attached hydrogen (secondary N) is 2. The number of aryl methyl sites for hydroxylation is 1. The van der Waals surface area contributed by atoms with Crippen molar-refractivity contribution in [3.05, 3.63) is 88.9 Å². The van der Waals surface area contributed by atoms with Gasteiger partial charge in [0, 0.05) is 38.2 Å². The molecule has 0 bridgehead atoms. The van der Waals surface area contributed by atoms with Gasteiger partial charge in [-0.1, -0.05) is 36.0 Å². The number of nitrogen functional groups attached to an aromatic ring is 1. The maximum atomic E-state index is 13.5. The number of rotatable bonds is 10. The van der Waals surface area contributed by atoms with Crippen LogP contribution >= 0.6 is 23.7 Å². The fourth-order valence-electron chi connectivity index (χ4n) is 5.12. The van der Waals surface area contributed by atoms with Crippen LogP contribution in [0.3, 0.4) is 0 Å². The standard InChI is InChI=1S/C32H37N7O2S2/c1-5-34-27-11-10-25(21(3)30(27)33)26(16-29(40)38-24-17-36-32(42-4)37-18-24)22-9-8-20(2)23(15-22)19-39-13-14-41-31-28(43-39)7-6-12-35-31/h6-12,15,17-18,26,34H,5,13-14,16,19,33H2,1-4H3,(H,38,40). The summed E-state index contributed by atoms with van der Waals surface area (Å²) in [6.45, 7) is 9.02. The number of nitrogens with two attached hydrogens (primary N) is 1. The van der Waals surface area contributed by atoms with Crippen LogP contribution in [0.25, 0.3) is 0 Å². The van der Waals surface area contributed by atoms with E-state index >= 15 is 0 Å². The second kappa shape index (κ2) is 14.1. The summed E-state index contributed by atoms with van der Waals surface area (Å²) in [6.07, 6.45) is 7.18. The van der Waals surface area contributed by atoms with E-state index in [0.717, 1.165) is 46.9 Å². The third-order valence-electron chi connectivity index (χ3n) is 7.45. The normalized spacial score (nSPS) is 13.9. The molecular weight excluding hydrogens is 579 g/mol. The summed E-state index contributed by atoms with van der Waals surface area (Å²) in [5.74, 6) is 0.341. The molecule has 0 saturated carbocycles. The Morgan fingerprint density at radius 1 is 1.16 bits per heavy atom. The number of benzene rings is 2. The van der Waals surface area contributed by atoms with Crippen LogP contribution in [0, 0.1) is 13.8 Å². The van der Waals surface area contributed by atoms with Crippen LogP contribution in [0.1, 0.15) is 47.1 Å². The molecule has 0 saturated heterocycles. The first-order valence-electron chi connectivity index (χ1n) is 14.2. The zero-order valence-corrected chi connectivity index (χ0v) is 26.5. The van der Waals surface area contributed by atoms with Crippen molar-refractivity contribution in [1.82, 2.24) is 19.3 Å². The van der Waals surface area contributed by atoms with Gasteiger partial charge in [0.15, 0.2) is 5.16 Å². The van der Waals surface area contributed by atoms with Crippen molar-refractivity contribution in [2.45, 2.75) is 49.7 Å². The lowest BCUT2D eigenvalue weighted by molar-refractivity contribution is -0.116. The molecule has 5 rings (SSSR count). The summed E-state index contributed by atoms with van der Waals surface area (Å²) in [7, 11) is 0. The van der Waals surface area contributed by atoms with Gasteiger partial charge in [-0.05, 0) is 85.0 Å². The molecule has 2 aromatic heterocycles. The number of nitrogens with zero attached hydrogens (tertiary/aromatic N) is 4. The highest BCUT2D eigenvalue weighted by molar-refractivity contribution is 7.98. The monoisotopic (exact) mass is 615 g/mol. The molecule has 0 aliphatic carbocycles. The minimum atomic E-state index is -0.214. The molecular formula is C32H37N7O2S2. The van der Waals surface area contributed by atoms with Gasteiger partial charge in [0.1, 0.15) is 6.61 Å². The summed E-state index contributed by atoms with van der Waals surface area (Å²) >= 11 is 3.12. The van der Waals surface area contributed by atoms with E-state index in [4.69, 9.17) is 10.5 Å². The SMILES string of the molecule is CCNc1ccc(C(CC(=O)Nc2cnc(SC)nc2)c2ccc(C)c(CN3CCOc4ncccc4S3)c2)c(C)c1N. The number of amides is 1. The van der Waals surface area contributed by atoms with Crippen molar-refractivity contribution in [3.8, 4) is 5.88 Å². The molecule has 0 fully saturated rings. The van der Waals surface area contributed by atoms with Crippen molar-refractivity contribution in [1.29, 1.82) is 0 Å². The predicted octanol–water partition coefficient (Wildman–Crippen LogP) is 6.29. The van der Waals surface area contributed by atoms with Crippen molar-refractivity contribution in [3.63, 3.8) is 0 Å². The molecule has 11 heteroatoms. The molecule has 3 heterocycles. The van der Waals surface area contributed by atoms with Gasteiger partial charge in [0.05, 0.1) is 34.4 Å². The molecule has 0 spiro atoms. The van der Waals surface area contributed by atoms with Crippen molar-refractivity contribution in [2.75, 3.05) is 42.3 Å². The van der Waals surface area contributed by atoms with Gasteiger partial charge in [0.2, 0.25) is 11.8 Å². The van der Waals surface area contributed by atoms with Gasteiger partial charge < -0.3 is 21.1 Å². The fraction of sp³-hybridized carbons (Fsp3) is 0.312. The number of carbonyl (C=O) groups is 1. The molecule has 9 nitrogen and oxygen atoms in total. The molecule has 43 heavy (non-hydrogen) atoms. The molecule has 1 atom stereocenters. The Labute approximate surface area is 261 Å². The molecule has 4 N–H and O–H groups in total. The topological polar surface area (TPSA) is 118 Å². The number of aromatic nitrogens is 3. The number of ether oxygens (including phenoxy) is 1. The average molecular weight is 616 g/mol. The zero-order chi connectivity index (χ0) is 30.3. The van der Waals surface area contributed by atoms with Crippen LogP contribution in [0.15, 0.2) is 71.1 Å². The zero-order valence-electron chi connectivity index (χ0n) is 24.9. The Balaban J connectivity index is 1.45. The summed E-state index contributed by atoms with van der Waals surface area (Å²) in [6, 6.07) is 14.6. The Kier molecular flexibility index (Phi) is 10.1. The van der Waals surface area contributed by atoms with Crippen molar-refractivity contribution < 1.29 is 9.53 Å². The summed E-state index contributed by atoms with van der Waals surface area (Å²) < 4.78 is 8.18. The van der Waals surface area contributed by atoms with E-state index < -0.39 is 0 Å². The molecule has 2 aromatic carbocycles. The van der Waals surface area contributed by atoms with E-state index in [0.29, 0.717) is 29.0 Å². The fourth-order valence-corrected chi connectivity index (χ4v) is 6.41. The number of hydrogen-bond donors (Lipinski definition) is 3. The highest BCUT2D eigenvalue weighted by Gasteiger charge is 2.24. The average Bonchev–Trinajstić information content (AvgIpc) is 3.22. The van der Waals surface area contributed by atoms with Gasteiger partial charge in [-0.3, -0.25) is 4.79 Å². The van der Waals surface area contributed by atoms with Crippen LogP contribution in [0.4, 0.5) is 17.1 Å². The Morgan fingerprint density at radius 3 is 2.74 bits per heavy atom. The van der Waals surface area contributed by atoms with Crippen molar-refractivity contribution in [2.24, 2.45) is 0 Å². The maximum Gasteiger partial charge on any atom is 0.228 e. The second-order valence-electron chi connectivity index (χ2n) is 10.3. The molecule has 0 radical (unpaired) electrons. The highest BCUT2D eigenvalue weighted by atomic mass is 32.2. The molecule has 1 aliphatic rings. The predicted molar refractivity (Wildman–Crippen MR) is 176 cm³/mol. The number of anilines is 3. The van der Waals surface area contributed by atoms with Gasteiger partial charge in [-0.25, -0.2) is 19.3 Å². The Hall–Kier alpha value is -3.80. The van der Waals surface area contributed by atoms with Crippen LogP contribution in [-0.2, 0) is 11.3 Å². The van der Waals surface area contributed by atoms with Gasteiger partial charge in [-0.2, -0.15) is 0 Å². The third kappa shape index (κ3) is 7.41. The Morgan fingerprint density at radius 2 is 1.98 bits per heavy atom. The number of pyridine rings is 1. The molecule has 4 aromatic rings. The van der Waals surface area contributed by atoms with Crippen LogP contribution in [-0.4, -0.2) is 51.1 Å². The van der Waals surface area contributed by atoms with E-state index in [1.165, 1.54) is 22.9 Å². The van der Waals surface area contributed by atoms with Gasteiger partial charge in [-0.15, -0.1) is 0 Å². The summed E-state index contributed by atoms with van der Waals surface area (Å²) in [4.78, 5) is 27.4. The molecule has 1 aliphatic heterocycles. The lowest BCUT2D eigenvalue weighted by Gasteiger charge is -2.24. The minimum Gasteiger partial charge on any atom is -0.475 e. The number of carbonyl (C=O) groups excluding carboxylic acids is 1. The summed E-state index contributed by atoms with van der Waals surface area (Å²) in [5, 5.41) is 6.98. The van der Waals surface area contributed by atoms with Crippen LogP contribution in [0.2, 0.25) is 0 Å². The second-order valence-corrected chi connectivity index (χ2v) is 12.2.